The highest BCUT2D eigenvalue weighted by Gasteiger charge is 2.19. The van der Waals surface area contributed by atoms with Crippen molar-refractivity contribution in [1.82, 2.24) is 0 Å². The summed E-state index contributed by atoms with van der Waals surface area (Å²) in [6.45, 7) is 9.13. The summed E-state index contributed by atoms with van der Waals surface area (Å²) in [6.07, 6.45) is 65.3. The van der Waals surface area contributed by atoms with Gasteiger partial charge >= 0.3 is 17.9 Å². The molecule has 0 heterocycles. The quantitative estimate of drug-likeness (QED) is 0.0343. The Morgan fingerprint density at radius 2 is 0.500 bits per heavy atom. The van der Waals surface area contributed by atoms with Gasteiger partial charge in [0.2, 0.25) is 0 Å². The van der Waals surface area contributed by atoms with E-state index in [2.05, 4.69) is 27.7 Å². The Balaban J connectivity index is 4.23. The summed E-state index contributed by atoms with van der Waals surface area (Å²) in [5.41, 5.74) is 0. The second-order valence-electron chi connectivity index (χ2n) is 22.3. The van der Waals surface area contributed by atoms with Gasteiger partial charge in [0.25, 0.3) is 0 Å². The van der Waals surface area contributed by atoms with Crippen LogP contribution in [0.4, 0.5) is 0 Å². The SMILES string of the molecule is CCCCCCCCCCCCCCCCCCCC(=O)O[C@@H](COC(=O)CCCCCCCCCCCCCCC)COC(=O)CCCCCCCCCCCCCCCCCCCCC(C)CC. The average Bonchev–Trinajstić information content (AvgIpc) is 3.36. The average molecular weight is 990 g/mol. The Hall–Kier alpha value is -1.59. The molecule has 6 heteroatoms. The van der Waals surface area contributed by atoms with Gasteiger partial charge in [0.05, 0.1) is 0 Å². The molecule has 0 aliphatic carbocycles. The summed E-state index contributed by atoms with van der Waals surface area (Å²) in [5.74, 6) is 0.0820. The monoisotopic (exact) mass is 989 g/mol. The second kappa shape index (κ2) is 58.3. The Bertz CT molecular complexity index is 1060. The van der Waals surface area contributed by atoms with Crippen molar-refractivity contribution in [3.63, 3.8) is 0 Å². The minimum atomic E-state index is -0.762. The molecular weight excluding hydrogens is 865 g/mol. The van der Waals surface area contributed by atoms with Gasteiger partial charge in [-0.2, -0.15) is 0 Å². The van der Waals surface area contributed by atoms with Gasteiger partial charge in [0, 0.05) is 19.3 Å². The van der Waals surface area contributed by atoms with Gasteiger partial charge in [-0.05, 0) is 25.2 Å². The van der Waals surface area contributed by atoms with E-state index in [1.54, 1.807) is 0 Å². The first kappa shape index (κ1) is 68.4. The van der Waals surface area contributed by atoms with Crippen LogP contribution in [-0.2, 0) is 28.6 Å². The number of ether oxygens (including phenoxy) is 3. The maximum atomic E-state index is 12.9. The van der Waals surface area contributed by atoms with Gasteiger partial charge in [-0.15, -0.1) is 0 Å². The maximum Gasteiger partial charge on any atom is 0.306 e. The molecule has 0 aliphatic rings. The molecule has 0 amide bonds. The van der Waals surface area contributed by atoms with Crippen molar-refractivity contribution >= 4 is 17.9 Å². The molecule has 0 fully saturated rings. The summed E-state index contributed by atoms with van der Waals surface area (Å²) in [7, 11) is 0. The molecule has 0 saturated carbocycles. The summed E-state index contributed by atoms with van der Waals surface area (Å²) in [5, 5.41) is 0. The van der Waals surface area contributed by atoms with Gasteiger partial charge in [-0.1, -0.05) is 329 Å². The van der Waals surface area contributed by atoms with Crippen molar-refractivity contribution in [2.75, 3.05) is 13.2 Å². The number of hydrogen-bond donors (Lipinski definition) is 0. The summed E-state index contributed by atoms with van der Waals surface area (Å²) < 4.78 is 16.9. The molecule has 0 bridgehead atoms. The standard InChI is InChI=1S/C64H124O6/c1-5-8-10-12-14-16-18-20-21-24-29-33-37-41-45-49-53-57-64(67)70-61(58-68-62(65)55-51-47-43-39-35-30-19-17-15-13-11-9-6-2)59-69-63(66)56-52-48-44-40-36-32-28-26-23-22-25-27-31-34-38-42-46-50-54-60(4)7-3/h60-61H,5-59H2,1-4H3/t60?,61-/m0/s1. The number of carbonyl (C=O) groups excluding carboxylic acids is 3. The summed E-state index contributed by atoms with van der Waals surface area (Å²) in [6, 6.07) is 0. The third kappa shape index (κ3) is 55.7. The predicted octanol–water partition coefficient (Wildman–Crippen LogP) is 21.4. The van der Waals surface area contributed by atoms with Gasteiger partial charge in [0.15, 0.2) is 6.10 Å². The number of carbonyl (C=O) groups is 3. The normalized spacial score (nSPS) is 12.3. The Morgan fingerprint density at radius 1 is 0.286 bits per heavy atom. The van der Waals surface area contributed by atoms with Crippen LogP contribution in [-0.4, -0.2) is 37.2 Å². The second-order valence-corrected chi connectivity index (χ2v) is 22.3. The van der Waals surface area contributed by atoms with Crippen molar-refractivity contribution in [2.24, 2.45) is 5.92 Å². The van der Waals surface area contributed by atoms with E-state index in [4.69, 9.17) is 14.2 Å². The van der Waals surface area contributed by atoms with Crippen LogP contribution in [0.1, 0.15) is 368 Å². The van der Waals surface area contributed by atoms with Crippen molar-refractivity contribution < 1.29 is 28.6 Å². The highest BCUT2D eigenvalue weighted by molar-refractivity contribution is 5.71. The molecule has 0 aromatic rings. The van der Waals surface area contributed by atoms with E-state index in [-0.39, 0.29) is 31.1 Å². The predicted molar refractivity (Wildman–Crippen MR) is 303 cm³/mol. The molecule has 0 aliphatic heterocycles. The van der Waals surface area contributed by atoms with Crippen LogP contribution >= 0.6 is 0 Å². The van der Waals surface area contributed by atoms with Crippen LogP contribution in [0.25, 0.3) is 0 Å². The van der Waals surface area contributed by atoms with Gasteiger partial charge < -0.3 is 14.2 Å². The number of unbranched alkanes of at least 4 members (excludes halogenated alkanes) is 45. The van der Waals surface area contributed by atoms with E-state index in [1.165, 1.54) is 263 Å². The molecule has 0 aromatic heterocycles. The third-order valence-corrected chi connectivity index (χ3v) is 15.2. The van der Waals surface area contributed by atoms with Crippen molar-refractivity contribution in [3.05, 3.63) is 0 Å². The Morgan fingerprint density at radius 3 is 0.743 bits per heavy atom. The fourth-order valence-electron chi connectivity index (χ4n) is 9.95. The minimum absolute atomic E-state index is 0.0611. The van der Waals surface area contributed by atoms with Gasteiger partial charge in [-0.3, -0.25) is 14.4 Å². The first-order valence-corrected chi connectivity index (χ1v) is 31.9. The number of hydrogen-bond acceptors (Lipinski definition) is 6. The maximum absolute atomic E-state index is 12.9. The molecule has 0 aromatic carbocycles. The van der Waals surface area contributed by atoms with Crippen LogP contribution in [0.5, 0.6) is 0 Å². The fourth-order valence-corrected chi connectivity index (χ4v) is 9.95. The smallest absolute Gasteiger partial charge is 0.306 e. The van der Waals surface area contributed by atoms with E-state index in [0.29, 0.717) is 19.3 Å². The Labute approximate surface area is 438 Å². The highest BCUT2D eigenvalue weighted by atomic mass is 16.6. The molecule has 0 radical (unpaired) electrons. The highest BCUT2D eigenvalue weighted by Crippen LogP contribution is 2.19. The zero-order valence-electron chi connectivity index (χ0n) is 48.0. The van der Waals surface area contributed by atoms with E-state index in [1.807, 2.05) is 0 Å². The molecule has 0 rings (SSSR count). The topological polar surface area (TPSA) is 78.9 Å². The minimum Gasteiger partial charge on any atom is -0.462 e. The van der Waals surface area contributed by atoms with E-state index in [9.17, 15) is 14.4 Å². The lowest BCUT2D eigenvalue weighted by atomic mass is 9.99. The molecular formula is C64H124O6. The number of rotatable bonds is 59. The molecule has 6 nitrogen and oxygen atoms in total. The van der Waals surface area contributed by atoms with Crippen LogP contribution in [0, 0.1) is 5.92 Å². The zero-order chi connectivity index (χ0) is 50.9. The van der Waals surface area contributed by atoms with E-state index >= 15 is 0 Å². The lowest BCUT2D eigenvalue weighted by molar-refractivity contribution is -0.167. The number of esters is 3. The summed E-state index contributed by atoms with van der Waals surface area (Å²) in [4.78, 5) is 38.3. The molecule has 70 heavy (non-hydrogen) atoms. The van der Waals surface area contributed by atoms with E-state index in [0.717, 1.165) is 63.7 Å². The summed E-state index contributed by atoms with van der Waals surface area (Å²) >= 11 is 0. The van der Waals surface area contributed by atoms with E-state index < -0.39 is 6.10 Å². The lowest BCUT2D eigenvalue weighted by Crippen LogP contribution is -2.30. The molecule has 416 valence electrons. The fraction of sp³-hybridized carbons (Fsp3) is 0.953. The van der Waals surface area contributed by atoms with Crippen molar-refractivity contribution in [1.29, 1.82) is 0 Å². The lowest BCUT2D eigenvalue weighted by Gasteiger charge is -2.18. The van der Waals surface area contributed by atoms with Crippen molar-refractivity contribution in [2.45, 2.75) is 374 Å². The molecule has 0 N–H and O–H groups in total. The van der Waals surface area contributed by atoms with Gasteiger partial charge in [0.1, 0.15) is 13.2 Å². The Kier molecular flexibility index (Phi) is 57.0. The molecule has 1 unspecified atom stereocenters. The third-order valence-electron chi connectivity index (χ3n) is 15.2. The largest absolute Gasteiger partial charge is 0.462 e. The van der Waals surface area contributed by atoms with Gasteiger partial charge in [-0.25, -0.2) is 0 Å². The van der Waals surface area contributed by atoms with Crippen LogP contribution in [0.15, 0.2) is 0 Å². The first-order valence-electron chi connectivity index (χ1n) is 31.9. The molecule has 0 spiro atoms. The van der Waals surface area contributed by atoms with Crippen molar-refractivity contribution in [3.8, 4) is 0 Å². The molecule has 2 atom stereocenters. The first-order chi connectivity index (χ1) is 34.4. The zero-order valence-corrected chi connectivity index (χ0v) is 48.0. The van der Waals surface area contributed by atoms with Crippen LogP contribution in [0.3, 0.4) is 0 Å². The van der Waals surface area contributed by atoms with Crippen LogP contribution in [0.2, 0.25) is 0 Å². The van der Waals surface area contributed by atoms with Crippen LogP contribution < -0.4 is 0 Å². The molecule has 0 saturated heterocycles.